The highest BCUT2D eigenvalue weighted by atomic mass is 28.5. The van der Waals surface area contributed by atoms with Crippen molar-refractivity contribution >= 4 is 50.4 Å². The molecule has 12 nitrogen and oxygen atoms in total. The molecule has 1 aromatic heterocycles. The van der Waals surface area contributed by atoms with Crippen LogP contribution in [-0.4, -0.2) is 95.9 Å². The van der Waals surface area contributed by atoms with E-state index in [0.717, 1.165) is 12.1 Å². The number of phenolic OH excluding ortho intramolecular Hbond substituents is 2. The molecule has 0 bridgehead atoms. The molecule has 2 atom stereocenters. The van der Waals surface area contributed by atoms with Gasteiger partial charge in [-0.2, -0.15) is 0 Å². The fourth-order valence-corrected chi connectivity index (χ4v) is 33.6. The van der Waals surface area contributed by atoms with Crippen LogP contribution in [0.25, 0.3) is 34.2 Å². The van der Waals surface area contributed by atoms with Crippen molar-refractivity contribution in [2.75, 3.05) is 20.3 Å². The van der Waals surface area contributed by atoms with Crippen molar-refractivity contribution in [3.05, 3.63) is 60.7 Å². The maximum atomic E-state index is 11.4. The van der Waals surface area contributed by atoms with E-state index >= 15 is 0 Å². The van der Waals surface area contributed by atoms with Crippen molar-refractivity contribution in [3.63, 3.8) is 0 Å². The van der Waals surface area contributed by atoms with Gasteiger partial charge in [0.05, 0.1) is 31.5 Å². The van der Waals surface area contributed by atoms with Crippen LogP contribution in [0.4, 0.5) is 0 Å². The number of aromatic nitrogens is 3. The fraction of sp³-hybridized carbons (Fsp3) is 0.523. The lowest BCUT2D eigenvalue weighted by Crippen LogP contribution is -2.53. The van der Waals surface area contributed by atoms with E-state index in [1.807, 2.05) is 24.3 Å². The van der Waals surface area contributed by atoms with Gasteiger partial charge in [-0.25, -0.2) is 15.0 Å². The predicted molar refractivity (Wildman–Crippen MR) is 266 cm³/mol. The molecule has 0 radical (unpaired) electrons. The second kappa shape index (κ2) is 20.3. The van der Waals surface area contributed by atoms with Crippen molar-refractivity contribution in [1.82, 2.24) is 15.0 Å². The van der Waals surface area contributed by atoms with E-state index in [9.17, 15) is 10.2 Å². The Balaban J connectivity index is 1.58. The smallest absolute Gasteiger partial charge is 0.314 e. The maximum absolute atomic E-state index is 11.4. The minimum atomic E-state index is -2.46. The summed E-state index contributed by atoms with van der Waals surface area (Å²) in [6, 6.07) is 19.2. The van der Waals surface area contributed by atoms with Crippen LogP contribution in [0.3, 0.4) is 0 Å². The maximum Gasteiger partial charge on any atom is 0.314 e. The van der Waals surface area contributed by atoms with E-state index in [-0.39, 0.29) is 35.0 Å². The lowest BCUT2D eigenvalue weighted by molar-refractivity contribution is 0.258. The van der Waals surface area contributed by atoms with Crippen molar-refractivity contribution < 1.29 is 40.9 Å². The number of hydrogen-bond donors (Lipinski definition) is 2. The predicted octanol–water partition coefficient (Wildman–Crippen LogP) is 11.9. The van der Waals surface area contributed by atoms with E-state index in [2.05, 4.69) is 106 Å². The van der Waals surface area contributed by atoms with Gasteiger partial charge in [0.15, 0.2) is 50.7 Å². The largest absolute Gasteiger partial charge is 0.507 e. The van der Waals surface area contributed by atoms with Crippen LogP contribution >= 0.6 is 0 Å². The average molecular weight is 957 g/mol. The number of nitrogens with zero attached hydrogens (tertiary/aromatic N) is 3. The zero-order valence-electron chi connectivity index (χ0n) is 40.4. The normalized spacial score (nSPS) is 14.1. The van der Waals surface area contributed by atoms with Crippen LogP contribution in [0, 0.1) is 11.8 Å². The van der Waals surface area contributed by atoms with E-state index in [0.29, 0.717) is 53.0 Å². The molecular weight excluding hydrogens is 883 g/mol. The molecule has 2 N–H and O–H groups in total. The van der Waals surface area contributed by atoms with E-state index in [1.165, 1.54) is 0 Å². The number of ether oxygens (including phenoxy) is 3. The van der Waals surface area contributed by atoms with Gasteiger partial charge in [-0.3, -0.25) is 0 Å². The molecule has 342 valence electrons. The first kappa shape index (κ1) is 51.4. The third kappa shape index (κ3) is 16.7. The monoisotopic (exact) mass is 955 g/mol. The first-order chi connectivity index (χ1) is 28.4. The van der Waals surface area contributed by atoms with Crippen LogP contribution in [0.1, 0.15) is 13.8 Å². The van der Waals surface area contributed by atoms with Gasteiger partial charge < -0.3 is 40.9 Å². The molecule has 0 fully saturated rings. The van der Waals surface area contributed by atoms with Crippen molar-refractivity contribution in [1.29, 1.82) is 0 Å². The van der Waals surface area contributed by atoms with Gasteiger partial charge in [0.25, 0.3) is 0 Å². The Morgan fingerprint density at radius 3 is 1.10 bits per heavy atom. The number of aromatic hydroxyl groups is 2. The highest BCUT2D eigenvalue weighted by Gasteiger charge is 2.42. The molecule has 2 unspecified atom stereocenters. The zero-order valence-corrected chi connectivity index (χ0v) is 46.4. The number of phenols is 2. The average Bonchev–Trinajstić information content (AvgIpc) is 3.09. The summed E-state index contributed by atoms with van der Waals surface area (Å²) in [5.41, 5.74) is 1.48. The Morgan fingerprint density at radius 2 is 0.790 bits per heavy atom. The summed E-state index contributed by atoms with van der Waals surface area (Å²) in [5.74, 6) is 2.76. The minimum absolute atomic E-state index is 0.0527. The molecule has 4 aromatic rings. The molecule has 62 heavy (non-hydrogen) atoms. The van der Waals surface area contributed by atoms with E-state index in [4.69, 9.17) is 45.6 Å². The number of methoxy groups -OCH3 is 1. The van der Waals surface area contributed by atoms with Gasteiger partial charge in [-0.15, -0.1) is 0 Å². The second-order valence-corrected chi connectivity index (χ2v) is 46.3. The van der Waals surface area contributed by atoms with E-state index < -0.39 is 50.4 Å². The summed E-state index contributed by atoms with van der Waals surface area (Å²) in [6.45, 7) is 36.0. The molecule has 0 aliphatic rings. The fourth-order valence-electron chi connectivity index (χ4n) is 7.73. The standard InChI is InChI=1S/C44H73N3O9Si6/c1-32(30-61(16,53-57(4,5)6)54-58(7,8)9)28-51-36-22-24-38(40(48)26-36)43-45-42(34-18-20-35(50-3)21-19-34)46-44(47-43)39-25-23-37(27-41(39)49)52-29-33(2)31-62(17,55-59(10,11)12)56-60(13,14)15/h18-27,32-33,48-49H,28-31H2,1-17H3. The van der Waals surface area contributed by atoms with Gasteiger partial charge in [-0.1, -0.05) is 13.8 Å². The summed E-state index contributed by atoms with van der Waals surface area (Å²) in [7, 11) is -10.7. The van der Waals surface area contributed by atoms with Crippen LogP contribution in [0.5, 0.6) is 28.7 Å². The quantitative estimate of drug-likeness (QED) is 0.0724. The third-order valence-corrected chi connectivity index (χ3v) is 28.6. The first-order valence-corrected chi connectivity index (χ1v) is 40.2. The summed E-state index contributed by atoms with van der Waals surface area (Å²) in [4.78, 5) is 14.4. The molecule has 4 rings (SSSR count). The Labute approximate surface area is 377 Å². The Morgan fingerprint density at radius 1 is 0.468 bits per heavy atom. The van der Waals surface area contributed by atoms with E-state index in [1.54, 1.807) is 43.5 Å². The van der Waals surface area contributed by atoms with Crippen LogP contribution in [-0.2, 0) is 16.5 Å². The van der Waals surface area contributed by atoms with Gasteiger partial charge in [0.2, 0.25) is 0 Å². The SMILES string of the molecule is COc1ccc(-c2nc(-c3ccc(OCC(C)C[Si](C)(O[Si](C)(C)C)O[Si](C)(C)C)cc3O)nc(-c3ccc(OCC(C)C[Si](C)(O[Si](C)(C)C)O[Si](C)(C)C)cc3O)n2)cc1. The summed E-state index contributed by atoms with van der Waals surface area (Å²) in [5, 5.41) is 22.8. The molecular formula is C44H73N3O9Si6. The van der Waals surface area contributed by atoms with Crippen molar-refractivity contribution in [2.24, 2.45) is 11.8 Å². The topological polar surface area (TPSA) is 144 Å². The minimum Gasteiger partial charge on any atom is -0.507 e. The third-order valence-electron chi connectivity index (χ3n) is 9.00. The summed E-state index contributed by atoms with van der Waals surface area (Å²) in [6.07, 6.45) is 0. The summed E-state index contributed by atoms with van der Waals surface area (Å²) < 4.78 is 44.7. The molecule has 0 saturated carbocycles. The molecule has 18 heteroatoms. The second-order valence-electron chi connectivity index (χ2n) is 20.8. The lowest BCUT2D eigenvalue weighted by atomic mass is 10.1. The summed E-state index contributed by atoms with van der Waals surface area (Å²) >= 11 is 0. The molecule has 1 heterocycles. The van der Waals surface area contributed by atoms with Gasteiger partial charge in [0.1, 0.15) is 28.7 Å². The number of benzene rings is 3. The van der Waals surface area contributed by atoms with Crippen LogP contribution in [0.2, 0.25) is 104 Å². The molecule has 0 saturated heterocycles. The highest BCUT2D eigenvalue weighted by Crippen LogP contribution is 2.37. The Bertz CT molecular complexity index is 1950. The number of rotatable bonds is 22. The molecule has 0 amide bonds. The van der Waals surface area contributed by atoms with Gasteiger partial charge in [-0.05, 0) is 164 Å². The van der Waals surface area contributed by atoms with Gasteiger partial charge in [0, 0.05) is 17.7 Å². The van der Waals surface area contributed by atoms with Crippen LogP contribution < -0.4 is 14.2 Å². The first-order valence-electron chi connectivity index (χ1n) is 21.6. The Hall–Kier alpha value is -3.19. The lowest BCUT2D eigenvalue weighted by Gasteiger charge is -2.39. The molecule has 0 aliphatic heterocycles. The zero-order chi connectivity index (χ0) is 46.5. The molecule has 3 aromatic carbocycles. The highest BCUT2D eigenvalue weighted by molar-refractivity contribution is 6.88. The van der Waals surface area contributed by atoms with Crippen LogP contribution in [0.15, 0.2) is 60.7 Å². The Kier molecular flexibility index (Phi) is 16.9. The van der Waals surface area contributed by atoms with Crippen molar-refractivity contribution in [3.8, 4) is 62.9 Å². The molecule has 0 aliphatic carbocycles. The number of hydrogen-bond acceptors (Lipinski definition) is 12. The van der Waals surface area contributed by atoms with Gasteiger partial charge >= 0.3 is 17.1 Å². The van der Waals surface area contributed by atoms with Crippen molar-refractivity contribution in [2.45, 2.75) is 118 Å². The molecule has 0 spiro atoms.